The number of carbonyl (C=O) groups is 1. The lowest BCUT2D eigenvalue weighted by atomic mass is 9.97. The van der Waals surface area contributed by atoms with Crippen LogP contribution in [0.2, 0.25) is 0 Å². The highest BCUT2D eigenvalue weighted by Gasteiger charge is 2.31. The van der Waals surface area contributed by atoms with Crippen molar-refractivity contribution in [1.29, 1.82) is 0 Å². The van der Waals surface area contributed by atoms with Crippen molar-refractivity contribution in [3.8, 4) is 0 Å². The van der Waals surface area contributed by atoms with E-state index in [4.69, 9.17) is 9.47 Å². The highest BCUT2D eigenvalue weighted by molar-refractivity contribution is 5.79. The maximum Gasteiger partial charge on any atom is 0.225 e. The molecule has 0 saturated carbocycles. The van der Waals surface area contributed by atoms with E-state index in [1.54, 1.807) is 14.2 Å². The van der Waals surface area contributed by atoms with Gasteiger partial charge in [0.15, 0.2) is 6.29 Å². The quantitative estimate of drug-likeness (QED) is 0.651. The summed E-state index contributed by atoms with van der Waals surface area (Å²) in [7, 11) is 3.13. The summed E-state index contributed by atoms with van der Waals surface area (Å²) in [6.45, 7) is 5.62. The van der Waals surface area contributed by atoms with E-state index in [9.17, 15) is 4.79 Å². The molecule has 2 N–H and O–H groups in total. The summed E-state index contributed by atoms with van der Waals surface area (Å²) < 4.78 is 10.2. The van der Waals surface area contributed by atoms with E-state index in [-0.39, 0.29) is 17.9 Å². The maximum atomic E-state index is 11.9. The Hall–Kier alpha value is -0.650. The van der Waals surface area contributed by atoms with Gasteiger partial charge in [-0.05, 0) is 19.4 Å². The lowest BCUT2D eigenvalue weighted by Gasteiger charge is -2.24. The molecular weight excluding hydrogens is 208 g/mol. The predicted molar refractivity (Wildman–Crippen MR) is 60.9 cm³/mol. The molecule has 1 heterocycles. The molecule has 0 radical (unpaired) electrons. The number of hydrogen-bond acceptors (Lipinski definition) is 4. The number of amides is 1. The molecule has 0 spiro atoms. The van der Waals surface area contributed by atoms with Crippen LogP contribution >= 0.6 is 0 Å². The molecule has 1 amide bonds. The molecule has 3 unspecified atom stereocenters. The van der Waals surface area contributed by atoms with Crippen LogP contribution in [-0.4, -0.2) is 45.5 Å². The molecule has 0 bridgehead atoms. The Balaban J connectivity index is 2.44. The number of ether oxygens (including phenoxy) is 2. The molecule has 94 valence electrons. The van der Waals surface area contributed by atoms with Crippen LogP contribution in [-0.2, 0) is 14.3 Å². The normalized spacial score (nSPS) is 27.1. The predicted octanol–water partition coefficient (Wildman–Crippen LogP) is -0.0345. The van der Waals surface area contributed by atoms with Gasteiger partial charge < -0.3 is 20.1 Å². The molecule has 1 fully saturated rings. The SMILES string of the molecule is COC(OC)C(C)NC(=O)C1CNCC1C. The van der Waals surface area contributed by atoms with Gasteiger partial charge in [0, 0.05) is 20.8 Å². The van der Waals surface area contributed by atoms with E-state index in [1.165, 1.54) is 0 Å². The Bertz CT molecular complexity index is 231. The number of hydrogen-bond donors (Lipinski definition) is 2. The fraction of sp³-hybridized carbons (Fsp3) is 0.909. The fourth-order valence-corrected chi connectivity index (χ4v) is 2.07. The summed E-state index contributed by atoms with van der Waals surface area (Å²) in [5, 5.41) is 6.14. The summed E-state index contributed by atoms with van der Waals surface area (Å²) in [6, 6.07) is -0.143. The van der Waals surface area contributed by atoms with Crippen LogP contribution in [0.4, 0.5) is 0 Å². The van der Waals surface area contributed by atoms with Gasteiger partial charge in [-0.15, -0.1) is 0 Å². The molecule has 16 heavy (non-hydrogen) atoms. The van der Waals surface area contributed by atoms with Crippen molar-refractivity contribution >= 4 is 5.91 Å². The van der Waals surface area contributed by atoms with Gasteiger partial charge in [-0.25, -0.2) is 0 Å². The standard InChI is InChI=1S/C11H22N2O3/c1-7-5-12-6-9(7)10(14)13-8(2)11(15-3)16-4/h7-9,11-12H,5-6H2,1-4H3,(H,13,14). The highest BCUT2D eigenvalue weighted by atomic mass is 16.7. The molecule has 1 rings (SSSR count). The number of methoxy groups -OCH3 is 2. The van der Waals surface area contributed by atoms with Crippen molar-refractivity contribution in [2.75, 3.05) is 27.3 Å². The van der Waals surface area contributed by atoms with Crippen molar-refractivity contribution in [2.45, 2.75) is 26.2 Å². The molecule has 0 aromatic carbocycles. The second kappa shape index (κ2) is 6.18. The van der Waals surface area contributed by atoms with E-state index >= 15 is 0 Å². The van der Waals surface area contributed by atoms with Crippen LogP contribution in [0, 0.1) is 11.8 Å². The fourth-order valence-electron chi connectivity index (χ4n) is 2.07. The molecule has 3 atom stereocenters. The molecular formula is C11H22N2O3. The van der Waals surface area contributed by atoms with E-state index in [0.717, 1.165) is 13.1 Å². The molecule has 0 aliphatic carbocycles. The number of rotatable bonds is 5. The Morgan fingerprint density at radius 2 is 2.00 bits per heavy atom. The molecule has 0 aromatic rings. The topological polar surface area (TPSA) is 59.6 Å². The summed E-state index contributed by atoms with van der Waals surface area (Å²) in [5.41, 5.74) is 0. The second-order valence-corrected chi connectivity index (χ2v) is 4.38. The Kier molecular flexibility index (Phi) is 5.18. The smallest absolute Gasteiger partial charge is 0.225 e. The molecule has 1 aliphatic rings. The van der Waals surface area contributed by atoms with Crippen molar-refractivity contribution in [2.24, 2.45) is 11.8 Å². The minimum absolute atomic E-state index is 0.0526. The first-order valence-corrected chi connectivity index (χ1v) is 5.66. The van der Waals surface area contributed by atoms with E-state index in [1.807, 2.05) is 6.92 Å². The van der Waals surface area contributed by atoms with Crippen molar-refractivity contribution < 1.29 is 14.3 Å². The zero-order chi connectivity index (χ0) is 12.1. The maximum absolute atomic E-state index is 11.9. The Morgan fingerprint density at radius 1 is 1.38 bits per heavy atom. The molecule has 1 aliphatic heterocycles. The lowest BCUT2D eigenvalue weighted by molar-refractivity contribution is -0.138. The van der Waals surface area contributed by atoms with E-state index in [2.05, 4.69) is 17.6 Å². The first kappa shape index (κ1) is 13.4. The van der Waals surface area contributed by atoms with Crippen LogP contribution in [0.3, 0.4) is 0 Å². The van der Waals surface area contributed by atoms with Crippen LogP contribution in [0.5, 0.6) is 0 Å². The second-order valence-electron chi connectivity index (χ2n) is 4.38. The average Bonchev–Trinajstić information content (AvgIpc) is 2.66. The summed E-state index contributed by atoms with van der Waals surface area (Å²) >= 11 is 0. The molecule has 1 saturated heterocycles. The van der Waals surface area contributed by atoms with Gasteiger partial charge >= 0.3 is 0 Å². The molecule has 0 aromatic heterocycles. The van der Waals surface area contributed by atoms with Gasteiger partial charge in [-0.2, -0.15) is 0 Å². The van der Waals surface area contributed by atoms with Crippen molar-refractivity contribution in [1.82, 2.24) is 10.6 Å². The minimum atomic E-state index is -0.395. The number of nitrogens with one attached hydrogen (secondary N) is 2. The minimum Gasteiger partial charge on any atom is -0.354 e. The van der Waals surface area contributed by atoms with Crippen molar-refractivity contribution in [3.63, 3.8) is 0 Å². The van der Waals surface area contributed by atoms with Gasteiger partial charge in [0.1, 0.15) is 0 Å². The average molecular weight is 230 g/mol. The molecule has 5 heteroatoms. The van der Waals surface area contributed by atoms with Gasteiger partial charge in [0.2, 0.25) is 5.91 Å². The van der Waals surface area contributed by atoms with Crippen molar-refractivity contribution in [3.05, 3.63) is 0 Å². The zero-order valence-corrected chi connectivity index (χ0v) is 10.4. The van der Waals surface area contributed by atoms with Crippen LogP contribution in [0.15, 0.2) is 0 Å². The highest BCUT2D eigenvalue weighted by Crippen LogP contribution is 2.16. The third-order valence-corrected chi connectivity index (χ3v) is 3.10. The summed E-state index contributed by atoms with van der Waals surface area (Å²) in [5.74, 6) is 0.511. The summed E-state index contributed by atoms with van der Waals surface area (Å²) in [4.78, 5) is 11.9. The van der Waals surface area contributed by atoms with Crippen LogP contribution < -0.4 is 10.6 Å². The van der Waals surface area contributed by atoms with Gasteiger partial charge in [0.05, 0.1) is 12.0 Å². The largest absolute Gasteiger partial charge is 0.354 e. The molecule has 5 nitrogen and oxygen atoms in total. The van der Waals surface area contributed by atoms with Crippen LogP contribution in [0.25, 0.3) is 0 Å². The summed E-state index contributed by atoms with van der Waals surface area (Å²) in [6.07, 6.45) is -0.395. The van der Waals surface area contributed by atoms with E-state index < -0.39 is 6.29 Å². The third-order valence-electron chi connectivity index (χ3n) is 3.10. The van der Waals surface area contributed by atoms with Gasteiger partial charge in [0.25, 0.3) is 0 Å². The number of carbonyl (C=O) groups excluding carboxylic acids is 1. The third kappa shape index (κ3) is 3.17. The van der Waals surface area contributed by atoms with Gasteiger partial charge in [-0.1, -0.05) is 6.92 Å². The van der Waals surface area contributed by atoms with E-state index in [0.29, 0.717) is 5.92 Å². The Morgan fingerprint density at radius 3 is 2.44 bits per heavy atom. The zero-order valence-electron chi connectivity index (χ0n) is 10.4. The Labute approximate surface area is 96.9 Å². The lowest BCUT2D eigenvalue weighted by Crippen LogP contribution is -2.46. The van der Waals surface area contributed by atoms with Crippen LogP contribution in [0.1, 0.15) is 13.8 Å². The monoisotopic (exact) mass is 230 g/mol. The first-order valence-electron chi connectivity index (χ1n) is 5.66. The first-order chi connectivity index (χ1) is 7.60. The van der Waals surface area contributed by atoms with Gasteiger partial charge in [-0.3, -0.25) is 4.79 Å².